The highest BCUT2D eigenvalue weighted by molar-refractivity contribution is 5.72. The molecule has 0 aliphatic rings. The Morgan fingerprint density at radius 1 is 1.05 bits per heavy atom. The highest BCUT2D eigenvalue weighted by Crippen LogP contribution is 2.34. The maximum Gasteiger partial charge on any atom is 0.573 e. The molecule has 0 fully saturated rings. The van der Waals surface area contributed by atoms with Crippen molar-refractivity contribution < 1.29 is 23.0 Å². The standard InChI is InChI=1S/C13H10F3NO2/c14-13(15,16)19-12-6-2-1-4-10(12)9-5-3-7-17-11(9)8-18/h1-7,18H,8H2. The molecule has 1 heterocycles. The van der Waals surface area contributed by atoms with Crippen LogP contribution in [-0.4, -0.2) is 16.5 Å². The van der Waals surface area contributed by atoms with Gasteiger partial charge in [-0.15, -0.1) is 13.2 Å². The normalized spacial score (nSPS) is 11.4. The fraction of sp³-hybridized carbons (Fsp3) is 0.154. The first-order chi connectivity index (χ1) is 9.01. The van der Waals surface area contributed by atoms with Crippen molar-refractivity contribution in [3.8, 4) is 16.9 Å². The lowest BCUT2D eigenvalue weighted by Gasteiger charge is -2.14. The monoisotopic (exact) mass is 269 g/mol. The second-order valence-electron chi connectivity index (χ2n) is 3.70. The Morgan fingerprint density at radius 3 is 2.42 bits per heavy atom. The van der Waals surface area contributed by atoms with Crippen molar-refractivity contribution in [3.63, 3.8) is 0 Å². The minimum absolute atomic E-state index is 0.233. The zero-order valence-corrected chi connectivity index (χ0v) is 9.69. The summed E-state index contributed by atoms with van der Waals surface area (Å²) < 4.78 is 41.0. The van der Waals surface area contributed by atoms with E-state index >= 15 is 0 Å². The second-order valence-corrected chi connectivity index (χ2v) is 3.70. The number of aliphatic hydroxyl groups is 1. The predicted octanol–water partition coefficient (Wildman–Crippen LogP) is 3.14. The molecule has 0 amide bonds. The fourth-order valence-corrected chi connectivity index (χ4v) is 1.71. The van der Waals surface area contributed by atoms with Crippen LogP contribution < -0.4 is 4.74 Å². The lowest BCUT2D eigenvalue weighted by atomic mass is 10.0. The first-order valence-electron chi connectivity index (χ1n) is 5.41. The number of hydrogen-bond donors (Lipinski definition) is 1. The largest absolute Gasteiger partial charge is 0.573 e. The number of aliphatic hydroxyl groups excluding tert-OH is 1. The molecule has 0 atom stereocenters. The fourth-order valence-electron chi connectivity index (χ4n) is 1.71. The number of benzene rings is 1. The maximum absolute atomic E-state index is 12.3. The molecule has 0 aliphatic heterocycles. The summed E-state index contributed by atoms with van der Waals surface area (Å²) in [6.45, 7) is -0.365. The van der Waals surface area contributed by atoms with Gasteiger partial charge in [-0.2, -0.15) is 0 Å². The molecule has 6 heteroatoms. The molecule has 1 aromatic carbocycles. The number of hydrogen-bond acceptors (Lipinski definition) is 3. The molecule has 1 N–H and O–H groups in total. The Bertz CT molecular complexity index is 570. The van der Waals surface area contributed by atoms with E-state index in [1.807, 2.05) is 0 Å². The second kappa shape index (κ2) is 5.27. The molecule has 0 saturated carbocycles. The van der Waals surface area contributed by atoms with E-state index in [4.69, 9.17) is 0 Å². The minimum atomic E-state index is -4.77. The van der Waals surface area contributed by atoms with Gasteiger partial charge < -0.3 is 9.84 Å². The molecule has 0 unspecified atom stereocenters. The third-order valence-electron chi connectivity index (χ3n) is 2.44. The van der Waals surface area contributed by atoms with Crippen molar-refractivity contribution in [2.75, 3.05) is 0 Å². The number of rotatable bonds is 3. The molecule has 0 saturated heterocycles. The third-order valence-corrected chi connectivity index (χ3v) is 2.44. The van der Waals surface area contributed by atoms with Gasteiger partial charge >= 0.3 is 6.36 Å². The number of nitrogens with zero attached hydrogens (tertiary/aromatic N) is 1. The van der Waals surface area contributed by atoms with Crippen LogP contribution in [0.4, 0.5) is 13.2 Å². The van der Waals surface area contributed by atoms with Crippen LogP contribution in [0.2, 0.25) is 0 Å². The predicted molar refractivity (Wildman–Crippen MR) is 62.3 cm³/mol. The van der Waals surface area contributed by atoms with Crippen molar-refractivity contribution in [3.05, 3.63) is 48.3 Å². The summed E-state index contributed by atoms with van der Waals surface area (Å²) in [7, 11) is 0. The molecular formula is C13H10F3NO2. The van der Waals surface area contributed by atoms with Crippen molar-refractivity contribution in [2.45, 2.75) is 13.0 Å². The Morgan fingerprint density at radius 2 is 1.74 bits per heavy atom. The molecule has 19 heavy (non-hydrogen) atoms. The molecule has 0 spiro atoms. The van der Waals surface area contributed by atoms with Gasteiger partial charge in [0.15, 0.2) is 0 Å². The summed E-state index contributed by atoms with van der Waals surface area (Å²) in [6.07, 6.45) is -3.31. The number of halogens is 3. The average molecular weight is 269 g/mol. The number of aromatic nitrogens is 1. The van der Waals surface area contributed by atoms with E-state index in [-0.39, 0.29) is 17.9 Å². The SMILES string of the molecule is OCc1ncccc1-c1ccccc1OC(F)(F)F. The summed E-state index contributed by atoms with van der Waals surface area (Å²) in [6, 6.07) is 8.90. The Labute approximate surface area is 107 Å². The van der Waals surface area contributed by atoms with E-state index < -0.39 is 6.36 Å². The molecule has 1 aromatic heterocycles. The number of alkyl halides is 3. The quantitative estimate of drug-likeness (QED) is 0.930. The maximum atomic E-state index is 12.3. The van der Waals surface area contributed by atoms with Gasteiger partial charge in [-0.3, -0.25) is 4.98 Å². The minimum Gasteiger partial charge on any atom is -0.405 e. The van der Waals surface area contributed by atoms with Gasteiger partial charge in [-0.1, -0.05) is 24.3 Å². The lowest BCUT2D eigenvalue weighted by Crippen LogP contribution is -2.17. The van der Waals surface area contributed by atoms with Crippen LogP contribution in [-0.2, 0) is 6.61 Å². The van der Waals surface area contributed by atoms with E-state index in [0.29, 0.717) is 11.3 Å². The van der Waals surface area contributed by atoms with Crippen molar-refractivity contribution >= 4 is 0 Å². The van der Waals surface area contributed by atoms with Crippen LogP contribution in [0, 0.1) is 0 Å². The number of para-hydroxylation sites is 1. The first kappa shape index (κ1) is 13.4. The Kier molecular flexibility index (Phi) is 3.71. The van der Waals surface area contributed by atoms with Gasteiger partial charge in [0.2, 0.25) is 0 Å². The van der Waals surface area contributed by atoms with Crippen LogP contribution in [0.25, 0.3) is 11.1 Å². The number of ether oxygens (including phenoxy) is 1. The first-order valence-corrected chi connectivity index (χ1v) is 5.41. The van der Waals surface area contributed by atoms with Crippen LogP contribution in [0.5, 0.6) is 5.75 Å². The van der Waals surface area contributed by atoms with Gasteiger partial charge in [0.05, 0.1) is 12.3 Å². The summed E-state index contributed by atoms with van der Waals surface area (Å²) in [5.74, 6) is -0.322. The van der Waals surface area contributed by atoms with Crippen LogP contribution in [0.3, 0.4) is 0 Å². The summed E-state index contributed by atoms with van der Waals surface area (Å²) in [5, 5.41) is 9.18. The van der Waals surface area contributed by atoms with Gasteiger partial charge in [0.1, 0.15) is 5.75 Å². The van der Waals surface area contributed by atoms with Crippen LogP contribution >= 0.6 is 0 Å². The smallest absolute Gasteiger partial charge is 0.405 e. The molecule has 0 aliphatic carbocycles. The molecule has 0 bridgehead atoms. The molecule has 2 rings (SSSR count). The van der Waals surface area contributed by atoms with Gasteiger partial charge in [-0.25, -0.2) is 0 Å². The van der Waals surface area contributed by atoms with Crippen LogP contribution in [0.1, 0.15) is 5.69 Å². The van der Waals surface area contributed by atoms with Crippen LogP contribution in [0.15, 0.2) is 42.6 Å². The lowest BCUT2D eigenvalue weighted by molar-refractivity contribution is -0.274. The van der Waals surface area contributed by atoms with Crippen molar-refractivity contribution in [1.29, 1.82) is 0 Å². The molecule has 100 valence electrons. The van der Waals surface area contributed by atoms with Gasteiger partial charge in [0, 0.05) is 17.3 Å². The highest BCUT2D eigenvalue weighted by Gasteiger charge is 2.32. The molecular weight excluding hydrogens is 259 g/mol. The molecule has 0 radical (unpaired) electrons. The topological polar surface area (TPSA) is 42.4 Å². The zero-order chi connectivity index (χ0) is 13.9. The summed E-state index contributed by atoms with van der Waals surface area (Å²) in [5.41, 5.74) is 0.933. The zero-order valence-electron chi connectivity index (χ0n) is 9.69. The van der Waals surface area contributed by atoms with Gasteiger partial charge in [0.25, 0.3) is 0 Å². The molecule has 2 aromatic rings. The van der Waals surface area contributed by atoms with E-state index in [2.05, 4.69) is 9.72 Å². The van der Waals surface area contributed by atoms with E-state index in [1.165, 1.54) is 24.4 Å². The summed E-state index contributed by atoms with van der Waals surface area (Å²) in [4.78, 5) is 3.92. The highest BCUT2D eigenvalue weighted by atomic mass is 19.4. The Balaban J connectivity index is 2.50. The summed E-state index contributed by atoms with van der Waals surface area (Å²) >= 11 is 0. The van der Waals surface area contributed by atoms with Crippen molar-refractivity contribution in [2.24, 2.45) is 0 Å². The van der Waals surface area contributed by atoms with E-state index in [0.717, 1.165) is 0 Å². The van der Waals surface area contributed by atoms with E-state index in [9.17, 15) is 18.3 Å². The van der Waals surface area contributed by atoms with Gasteiger partial charge in [-0.05, 0) is 12.1 Å². The average Bonchev–Trinajstić information content (AvgIpc) is 2.37. The molecule has 3 nitrogen and oxygen atoms in total. The van der Waals surface area contributed by atoms with Crippen molar-refractivity contribution in [1.82, 2.24) is 4.98 Å². The Hall–Kier alpha value is -2.08. The number of pyridine rings is 1. The third kappa shape index (κ3) is 3.23. The van der Waals surface area contributed by atoms with E-state index in [1.54, 1.807) is 18.2 Å².